The monoisotopic (exact) mass is 363 g/mol. The number of hydrogen-bond donors (Lipinski definition) is 0. The Morgan fingerprint density at radius 1 is 0.714 bits per heavy atom. The van der Waals surface area contributed by atoms with Crippen molar-refractivity contribution in [1.82, 2.24) is 9.55 Å². The fourth-order valence-electron chi connectivity index (χ4n) is 3.84. The summed E-state index contributed by atoms with van der Waals surface area (Å²) in [5, 5.41) is 2.56. The average molecular weight is 363 g/mol. The molecule has 0 saturated carbocycles. The fraction of sp³-hybridized carbons (Fsp3) is 0.0800. The Morgan fingerprint density at radius 3 is 1.93 bits per heavy atom. The van der Waals surface area contributed by atoms with Crippen LogP contribution < -0.4 is 4.90 Å². The smallest absolute Gasteiger partial charge is 0.0722 e. The molecular weight excluding hydrogens is 342 g/mol. The summed E-state index contributed by atoms with van der Waals surface area (Å²) in [6, 6.07) is 30.0. The molecule has 0 spiro atoms. The van der Waals surface area contributed by atoms with Crippen LogP contribution in [0.15, 0.2) is 91.1 Å². The van der Waals surface area contributed by atoms with Crippen molar-refractivity contribution in [2.45, 2.75) is 0 Å². The van der Waals surface area contributed by atoms with E-state index in [1.165, 1.54) is 21.8 Å². The molecule has 0 aliphatic carbocycles. The SMILES string of the molecule is CN(C)c1ccnc(-c2ccc(-n3c4ccccc4c4ccccc43)cc2)c1. The van der Waals surface area contributed by atoms with Crippen molar-refractivity contribution in [3.63, 3.8) is 0 Å². The third-order valence-electron chi connectivity index (χ3n) is 5.26. The lowest BCUT2D eigenvalue weighted by atomic mass is 10.1. The summed E-state index contributed by atoms with van der Waals surface area (Å²) in [7, 11) is 4.09. The van der Waals surface area contributed by atoms with Crippen LogP contribution in [0.25, 0.3) is 38.8 Å². The molecule has 3 heteroatoms. The highest BCUT2D eigenvalue weighted by Crippen LogP contribution is 2.32. The molecule has 0 fully saturated rings. The lowest BCUT2D eigenvalue weighted by molar-refractivity contribution is 1.12. The Labute approximate surface area is 164 Å². The quantitative estimate of drug-likeness (QED) is 0.397. The highest BCUT2D eigenvalue weighted by atomic mass is 15.1. The van der Waals surface area contributed by atoms with E-state index in [9.17, 15) is 0 Å². The van der Waals surface area contributed by atoms with E-state index >= 15 is 0 Å². The molecule has 0 unspecified atom stereocenters. The molecule has 2 heterocycles. The van der Waals surface area contributed by atoms with Crippen LogP contribution in [-0.2, 0) is 0 Å². The minimum atomic E-state index is 0.986. The Bertz CT molecular complexity index is 1230. The van der Waals surface area contributed by atoms with Gasteiger partial charge in [-0.25, -0.2) is 0 Å². The van der Waals surface area contributed by atoms with Crippen LogP contribution in [-0.4, -0.2) is 23.6 Å². The van der Waals surface area contributed by atoms with E-state index in [-0.39, 0.29) is 0 Å². The van der Waals surface area contributed by atoms with Crippen LogP contribution in [0.5, 0.6) is 0 Å². The molecule has 5 aromatic rings. The van der Waals surface area contributed by atoms with Crippen LogP contribution in [0.1, 0.15) is 0 Å². The molecule has 0 saturated heterocycles. The summed E-state index contributed by atoms with van der Waals surface area (Å²) >= 11 is 0. The maximum atomic E-state index is 4.55. The van der Waals surface area contributed by atoms with E-state index < -0.39 is 0 Å². The molecule has 2 aromatic heterocycles. The second kappa shape index (κ2) is 6.54. The van der Waals surface area contributed by atoms with E-state index in [1.807, 2.05) is 26.4 Å². The van der Waals surface area contributed by atoms with Gasteiger partial charge in [-0.3, -0.25) is 4.98 Å². The summed E-state index contributed by atoms with van der Waals surface area (Å²) in [6.45, 7) is 0. The first kappa shape index (κ1) is 16.6. The number of rotatable bonds is 3. The minimum absolute atomic E-state index is 0.986. The average Bonchev–Trinajstić information content (AvgIpc) is 3.08. The van der Waals surface area contributed by atoms with Crippen LogP contribution >= 0.6 is 0 Å². The van der Waals surface area contributed by atoms with Gasteiger partial charge in [0.25, 0.3) is 0 Å². The van der Waals surface area contributed by atoms with Crippen LogP contribution in [0, 0.1) is 0 Å². The topological polar surface area (TPSA) is 21.1 Å². The molecule has 0 aliphatic rings. The van der Waals surface area contributed by atoms with Crippen LogP contribution in [0.3, 0.4) is 0 Å². The van der Waals surface area contributed by atoms with E-state index in [4.69, 9.17) is 0 Å². The first-order chi connectivity index (χ1) is 13.7. The van der Waals surface area contributed by atoms with Gasteiger partial charge < -0.3 is 9.47 Å². The lowest BCUT2D eigenvalue weighted by Crippen LogP contribution is -2.08. The van der Waals surface area contributed by atoms with Crippen molar-refractivity contribution in [3.05, 3.63) is 91.1 Å². The van der Waals surface area contributed by atoms with E-state index in [1.54, 1.807) is 0 Å². The van der Waals surface area contributed by atoms with E-state index in [0.29, 0.717) is 0 Å². The first-order valence-electron chi connectivity index (χ1n) is 9.45. The molecule has 3 aromatic carbocycles. The molecular formula is C25H21N3. The Kier molecular flexibility index (Phi) is 3.87. The van der Waals surface area contributed by atoms with Crippen molar-refractivity contribution < 1.29 is 0 Å². The fourth-order valence-corrected chi connectivity index (χ4v) is 3.84. The predicted molar refractivity (Wildman–Crippen MR) is 118 cm³/mol. The molecule has 28 heavy (non-hydrogen) atoms. The number of benzene rings is 3. The Balaban J connectivity index is 1.64. The number of anilines is 1. The molecule has 5 rings (SSSR count). The zero-order valence-electron chi connectivity index (χ0n) is 16.0. The predicted octanol–water partition coefficient (Wildman–Crippen LogP) is 5.91. The molecule has 3 nitrogen and oxygen atoms in total. The summed E-state index contributed by atoms with van der Waals surface area (Å²) in [5.41, 5.74) is 6.86. The summed E-state index contributed by atoms with van der Waals surface area (Å²) in [4.78, 5) is 6.65. The molecule has 0 aliphatic heterocycles. The zero-order chi connectivity index (χ0) is 19.1. The number of para-hydroxylation sites is 2. The van der Waals surface area contributed by atoms with Gasteiger partial charge >= 0.3 is 0 Å². The summed E-state index contributed by atoms with van der Waals surface area (Å²) in [5.74, 6) is 0. The van der Waals surface area contributed by atoms with Gasteiger partial charge in [-0.1, -0.05) is 48.5 Å². The third-order valence-corrected chi connectivity index (χ3v) is 5.26. The van der Waals surface area contributed by atoms with Gasteiger partial charge in [0.2, 0.25) is 0 Å². The maximum Gasteiger partial charge on any atom is 0.0722 e. The number of nitrogens with zero attached hydrogens (tertiary/aromatic N) is 3. The highest BCUT2D eigenvalue weighted by molar-refractivity contribution is 6.09. The van der Waals surface area contributed by atoms with Gasteiger partial charge in [0.15, 0.2) is 0 Å². The molecule has 0 N–H and O–H groups in total. The molecule has 0 radical (unpaired) electrons. The second-order valence-corrected chi connectivity index (χ2v) is 7.21. The second-order valence-electron chi connectivity index (χ2n) is 7.21. The zero-order valence-corrected chi connectivity index (χ0v) is 16.0. The van der Waals surface area contributed by atoms with Crippen molar-refractivity contribution in [2.75, 3.05) is 19.0 Å². The standard InChI is InChI=1S/C25H21N3/c1-27(2)20-15-16-26-23(17-20)18-11-13-19(14-12-18)28-24-9-5-3-7-21(24)22-8-4-6-10-25(22)28/h3-17H,1-2H3. The largest absolute Gasteiger partial charge is 0.378 e. The van der Waals surface area contributed by atoms with Crippen molar-refractivity contribution in [3.8, 4) is 16.9 Å². The van der Waals surface area contributed by atoms with E-state index in [0.717, 1.165) is 22.6 Å². The number of aromatic nitrogens is 2. The first-order valence-corrected chi connectivity index (χ1v) is 9.45. The minimum Gasteiger partial charge on any atom is -0.378 e. The lowest BCUT2D eigenvalue weighted by Gasteiger charge is -2.13. The molecule has 0 bridgehead atoms. The van der Waals surface area contributed by atoms with Crippen LogP contribution in [0.4, 0.5) is 5.69 Å². The highest BCUT2D eigenvalue weighted by Gasteiger charge is 2.11. The van der Waals surface area contributed by atoms with Gasteiger partial charge in [-0.15, -0.1) is 0 Å². The van der Waals surface area contributed by atoms with Gasteiger partial charge in [-0.2, -0.15) is 0 Å². The van der Waals surface area contributed by atoms with Gasteiger partial charge in [-0.05, 0) is 36.4 Å². The van der Waals surface area contributed by atoms with Gasteiger partial charge in [0.1, 0.15) is 0 Å². The van der Waals surface area contributed by atoms with Crippen molar-refractivity contribution in [1.29, 1.82) is 0 Å². The summed E-state index contributed by atoms with van der Waals surface area (Å²) < 4.78 is 2.33. The third kappa shape index (κ3) is 2.64. The van der Waals surface area contributed by atoms with Gasteiger partial charge in [0, 0.05) is 48.0 Å². The normalized spacial score (nSPS) is 11.2. The number of pyridine rings is 1. The molecule has 0 atom stereocenters. The Hall–Kier alpha value is -3.59. The molecule has 0 amide bonds. The Morgan fingerprint density at radius 2 is 1.32 bits per heavy atom. The maximum absolute atomic E-state index is 4.55. The van der Waals surface area contributed by atoms with Crippen LogP contribution in [0.2, 0.25) is 0 Å². The van der Waals surface area contributed by atoms with E-state index in [2.05, 4.69) is 93.3 Å². The van der Waals surface area contributed by atoms with Crippen molar-refractivity contribution >= 4 is 27.5 Å². The number of fused-ring (bicyclic) bond motifs is 3. The molecule has 136 valence electrons. The number of hydrogen-bond acceptors (Lipinski definition) is 2. The van der Waals surface area contributed by atoms with Crippen molar-refractivity contribution in [2.24, 2.45) is 0 Å². The van der Waals surface area contributed by atoms with Gasteiger partial charge in [0.05, 0.1) is 16.7 Å². The summed E-state index contributed by atoms with van der Waals surface area (Å²) in [6.07, 6.45) is 1.87.